The highest BCUT2D eigenvalue weighted by Gasteiger charge is 2.44. The van der Waals surface area contributed by atoms with Crippen LogP contribution in [0.4, 0.5) is 9.59 Å². The number of nitrogens with one attached hydrogen (secondary N) is 3. The number of rotatable bonds is 4. The van der Waals surface area contributed by atoms with Crippen molar-refractivity contribution in [3.8, 4) is 0 Å². The molecule has 4 amide bonds. The molecule has 0 aromatic heterocycles. The van der Waals surface area contributed by atoms with Gasteiger partial charge in [-0.1, -0.05) is 0 Å². The van der Waals surface area contributed by atoms with Crippen molar-refractivity contribution in [1.29, 1.82) is 0 Å². The Kier molecular flexibility index (Phi) is 3.03. The van der Waals surface area contributed by atoms with Crippen LogP contribution < -0.4 is 16.0 Å². The Morgan fingerprint density at radius 3 is 2.82 bits per heavy atom. The van der Waals surface area contributed by atoms with Crippen LogP contribution >= 0.6 is 0 Å². The molecule has 0 aliphatic carbocycles. The third kappa shape index (κ3) is 2.24. The molecular formula is C9H14N4O4. The van der Waals surface area contributed by atoms with Gasteiger partial charge in [0.25, 0.3) is 0 Å². The first-order valence-electron chi connectivity index (χ1n) is 5.33. The average Bonchev–Trinajstić information content (AvgIpc) is 2.76. The smallest absolute Gasteiger partial charge is 0.320 e. The van der Waals surface area contributed by atoms with Gasteiger partial charge >= 0.3 is 18.0 Å². The topological polar surface area (TPSA) is 99.8 Å². The molecule has 94 valence electrons. The van der Waals surface area contributed by atoms with Crippen molar-refractivity contribution in [2.75, 3.05) is 13.7 Å². The molecular weight excluding hydrogens is 228 g/mol. The van der Waals surface area contributed by atoms with Crippen LogP contribution in [0.15, 0.2) is 0 Å². The van der Waals surface area contributed by atoms with Crippen LogP contribution in [0.5, 0.6) is 0 Å². The fourth-order valence-electron chi connectivity index (χ4n) is 1.93. The number of nitrogens with zero attached hydrogens (tertiary/aromatic N) is 1. The van der Waals surface area contributed by atoms with E-state index >= 15 is 0 Å². The summed E-state index contributed by atoms with van der Waals surface area (Å²) in [5.41, 5.74) is 0. The molecule has 17 heavy (non-hydrogen) atoms. The third-order valence-electron chi connectivity index (χ3n) is 2.76. The summed E-state index contributed by atoms with van der Waals surface area (Å²) in [5.74, 6) is -0.310. The first kappa shape index (κ1) is 11.5. The van der Waals surface area contributed by atoms with Crippen LogP contribution in [0.25, 0.3) is 0 Å². The average molecular weight is 242 g/mol. The standard InChI is InChI=1S/C9H14N4O4/c1-17-5(14)3-2-4-13-7-6(11-9(13)16)10-8(15)12-7/h6-7H,2-4H2,1H3,(H,11,16)(H2,10,12,15)/t6-,7-/m1/s1. The van der Waals surface area contributed by atoms with Gasteiger partial charge in [0.05, 0.1) is 7.11 Å². The SMILES string of the molecule is COC(=O)CCCN1C(=O)N[C@H]2NC(=O)N[C@@H]21. The second kappa shape index (κ2) is 4.48. The van der Waals surface area contributed by atoms with Crippen LogP contribution in [0.2, 0.25) is 0 Å². The van der Waals surface area contributed by atoms with Crippen molar-refractivity contribution in [2.24, 2.45) is 0 Å². The Labute approximate surface area is 97.7 Å². The van der Waals surface area contributed by atoms with E-state index < -0.39 is 6.17 Å². The van der Waals surface area contributed by atoms with Gasteiger partial charge in [0, 0.05) is 13.0 Å². The quantitative estimate of drug-likeness (QED) is 0.546. The van der Waals surface area contributed by atoms with Gasteiger partial charge in [-0.15, -0.1) is 0 Å². The molecule has 2 aliphatic heterocycles. The molecule has 0 aromatic carbocycles. The van der Waals surface area contributed by atoms with Gasteiger partial charge < -0.3 is 25.6 Å². The number of hydrogen-bond donors (Lipinski definition) is 3. The summed E-state index contributed by atoms with van der Waals surface area (Å²) in [6.07, 6.45) is -0.0288. The van der Waals surface area contributed by atoms with E-state index in [9.17, 15) is 14.4 Å². The number of methoxy groups -OCH3 is 1. The second-order valence-electron chi connectivity index (χ2n) is 3.86. The highest BCUT2D eigenvalue weighted by atomic mass is 16.5. The maximum absolute atomic E-state index is 11.5. The summed E-state index contributed by atoms with van der Waals surface area (Å²) in [5, 5.41) is 7.82. The summed E-state index contributed by atoms with van der Waals surface area (Å²) < 4.78 is 4.51. The highest BCUT2D eigenvalue weighted by Crippen LogP contribution is 2.14. The maximum atomic E-state index is 11.5. The molecule has 2 fully saturated rings. The lowest BCUT2D eigenvalue weighted by Gasteiger charge is -2.20. The number of fused-ring (bicyclic) bond motifs is 1. The summed E-state index contributed by atoms with van der Waals surface area (Å²) in [6.45, 7) is 0.393. The lowest BCUT2D eigenvalue weighted by molar-refractivity contribution is -0.140. The summed E-state index contributed by atoms with van der Waals surface area (Å²) in [7, 11) is 1.32. The largest absolute Gasteiger partial charge is 0.469 e. The molecule has 0 saturated carbocycles. The molecule has 3 N–H and O–H groups in total. The monoisotopic (exact) mass is 242 g/mol. The Hall–Kier alpha value is -1.99. The van der Waals surface area contributed by atoms with Crippen molar-refractivity contribution in [3.63, 3.8) is 0 Å². The number of carbonyl (C=O) groups is 3. The summed E-state index contributed by atoms with van der Waals surface area (Å²) in [6, 6.07) is -0.560. The van der Waals surface area contributed by atoms with Gasteiger partial charge in [-0.25, -0.2) is 9.59 Å². The van der Waals surface area contributed by atoms with E-state index in [0.717, 1.165) is 0 Å². The molecule has 8 nitrogen and oxygen atoms in total. The normalized spacial score (nSPS) is 26.1. The minimum Gasteiger partial charge on any atom is -0.469 e. The lowest BCUT2D eigenvalue weighted by atomic mass is 10.3. The number of hydrogen-bond acceptors (Lipinski definition) is 4. The van der Waals surface area contributed by atoms with E-state index in [1.165, 1.54) is 12.0 Å². The molecule has 2 saturated heterocycles. The molecule has 2 atom stereocenters. The van der Waals surface area contributed by atoms with Gasteiger partial charge in [-0.3, -0.25) is 4.79 Å². The van der Waals surface area contributed by atoms with Crippen LogP contribution in [0.3, 0.4) is 0 Å². The minimum absolute atomic E-state index is 0.249. The molecule has 2 rings (SSSR count). The number of ether oxygens (including phenoxy) is 1. The zero-order chi connectivity index (χ0) is 12.4. The minimum atomic E-state index is -0.395. The van der Waals surface area contributed by atoms with Crippen molar-refractivity contribution < 1.29 is 19.1 Å². The van der Waals surface area contributed by atoms with E-state index in [1.54, 1.807) is 0 Å². The molecule has 0 radical (unpaired) electrons. The van der Waals surface area contributed by atoms with Crippen LogP contribution in [0.1, 0.15) is 12.8 Å². The zero-order valence-corrected chi connectivity index (χ0v) is 9.36. The molecule has 2 heterocycles. The van der Waals surface area contributed by atoms with E-state index in [2.05, 4.69) is 20.7 Å². The van der Waals surface area contributed by atoms with Crippen LogP contribution in [-0.2, 0) is 9.53 Å². The first-order chi connectivity index (χ1) is 8.11. The van der Waals surface area contributed by atoms with Gasteiger partial charge in [0.1, 0.15) is 12.3 Å². The lowest BCUT2D eigenvalue weighted by Crippen LogP contribution is -2.43. The number of amides is 4. The summed E-state index contributed by atoms with van der Waals surface area (Å²) >= 11 is 0. The van der Waals surface area contributed by atoms with Crippen molar-refractivity contribution in [3.05, 3.63) is 0 Å². The van der Waals surface area contributed by atoms with Gasteiger partial charge in [-0.05, 0) is 6.42 Å². The Bertz CT molecular complexity index is 359. The van der Waals surface area contributed by atoms with E-state index in [0.29, 0.717) is 13.0 Å². The highest BCUT2D eigenvalue weighted by molar-refractivity contribution is 5.84. The number of urea groups is 2. The second-order valence-corrected chi connectivity index (χ2v) is 3.86. The predicted octanol–water partition coefficient (Wildman–Crippen LogP) is -1.07. The molecule has 8 heteroatoms. The van der Waals surface area contributed by atoms with Crippen molar-refractivity contribution in [2.45, 2.75) is 25.2 Å². The Morgan fingerprint density at radius 1 is 1.35 bits per heavy atom. The van der Waals surface area contributed by atoms with Crippen LogP contribution in [-0.4, -0.2) is 48.9 Å². The molecule has 0 bridgehead atoms. The van der Waals surface area contributed by atoms with E-state index in [1.807, 2.05) is 0 Å². The van der Waals surface area contributed by atoms with Gasteiger partial charge in [0.2, 0.25) is 0 Å². The first-order valence-corrected chi connectivity index (χ1v) is 5.33. The fourth-order valence-corrected chi connectivity index (χ4v) is 1.93. The van der Waals surface area contributed by atoms with Crippen molar-refractivity contribution in [1.82, 2.24) is 20.9 Å². The zero-order valence-electron chi connectivity index (χ0n) is 9.36. The maximum Gasteiger partial charge on any atom is 0.320 e. The van der Waals surface area contributed by atoms with E-state index in [4.69, 9.17) is 0 Å². The fraction of sp³-hybridized carbons (Fsp3) is 0.667. The Morgan fingerprint density at radius 2 is 2.12 bits per heavy atom. The third-order valence-corrected chi connectivity index (χ3v) is 2.76. The Balaban J connectivity index is 1.85. The molecule has 2 aliphatic rings. The van der Waals surface area contributed by atoms with Gasteiger partial charge in [0.15, 0.2) is 0 Å². The predicted molar refractivity (Wildman–Crippen MR) is 55.7 cm³/mol. The molecule has 0 aromatic rings. The van der Waals surface area contributed by atoms with Crippen LogP contribution in [0, 0.1) is 0 Å². The molecule has 0 spiro atoms. The number of carbonyl (C=O) groups excluding carboxylic acids is 3. The van der Waals surface area contributed by atoms with Crippen molar-refractivity contribution >= 4 is 18.0 Å². The number of esters is 1. The molecule has 0 unspecified atom stereocenters. The summed E-state index contributed by atoms with van der Waals surface area (Å²) in [4.78, 5) is 35.0. The van der Waals surface area contributed by atoms with Gasteiger partial charge in [-0.2, -0.15) is 0 Å². The van der Waals surface area contributed by atoms with E-state index in [-0.39, 0.29) is 30.6 Å².